The van der Waals surface area contributed by atoms with Crippen LogP contribution in [0.5, 0.6) is 0 Å². The molecule has 1 atom stereocenters. The minimum absolute atomic E-state index is 0.306. The molecule has 1 aromatic carbocycles. The number of anilines is 1. The molecule has 124 valence electrons. The summed E-state index contributed by atoms with van der Waals surface area (Å²) in [6.45, 7) is 6.55. The van der Waals surface area contributed by atoms with Crippen LogP contribution in [-0.2, 0) is 25.5 Å². The molecule has 0 saturated carbocycles. The Balaban J connectivity index is 2.40. The van der Waals surface area contributed by atoms with Crippen molar-refractivity contribution in [2.24, 2.45) is 0 Å². The Bertz CT molecular complexity index is 634. The highest BCUT2D eigenvalue weighted by atomic mass is 16.6. The molecule has 0 spiro atoms. The first-order chi connectivity index (χ1) is 10.7. The Kier molecular flexibility index (Phi) is 4.45. The number of fused-ring (bicyclic) bond motifs is 1. The van der Waals surface area contributed by atoms with Crippen molar-refractivity contribution in [2.75, 3.05) is 11.5 Å². The topological polar surface area (TPSA) is 72.9 Å². The van der Waals surface area contributed by atoms with Crippen LogP contribution in [0.15, 0.2) is 24.3 Å². The van der Waals surface area contributed by atoms with E-state index in [0.29, 0.717) is 18.4 Å². The second-order valence-electron chi connectivity index (χ2n) is 6.66. The molecule has 6 nitrogen and oxygen atoms in total. The van der Waals surface area contributed by atoms with Crippen LogP contribution >= 0.6 is 0 Å². The molecule has 1 aliphatic rings. The van der Waals surface area contributed by atoms with Crippen molar-refractivity contribution in [1.29, 1.82) is 0 Å². The highest BCUT2D eigenvalue weighted by molar-refractivity contribution is 6.02. The van der Waals surface area contributed by atoms with Crippen molar-refractivity contribution in [1.82, 2.24) is 0 Å². The number of nitrogens with zero attached hydrogens (tertiary/aromatic N) is 1. The molecule has 0 radical (unpaired) electrons. The Morgan fingerprint density at radius 3 is 2.57 bits per heavy atom. The molecule has 2 rings (SSSR count). The predicted molar refractivity (Wildman–Crippen MR) is 84.3 cm³/mol. The Hall–Kier alpha value is -2.37. The number of rotatable bonds is 3. The van der Waals surface area contributed by atoms with E-state index in [-0.39, 0.29) is 6.61 Å². The lowest BCUT2D eigenvalue weighted by atomic mass is 9.97. The van der Waals surface area contributed by atoms with E-state index in [2.05, 4.69) is 0 Å². The van der Waals surface area contributed by atoms with Crippen LogP contribution in [0, 0.1) is 0 Å². The van der Waals surface area contributed by atoms with Gasteiger partial charge in [-0.2, -0.15) is 0 Å². The molecule has 1 aliphatic heterocycles. The molecule has 0 fully saturated rings. The average Bonchev–Trinajstić information content (AvgIpc) is 2.76. The smallest absolute Gasteiger partial charge is 0.415 e. The summed E-state index contributed by atoms with van der Waals surface area (Å²) >= 11 is 0. The van der Waals surface area contributed by atoms with Gasteiger partial charge in [-0.25, -0.2) is 9.59 Å². The first-order valence-corrected chi connectivity index (χ1v) is 7.41. The van der Waals surface area contributed by atoms with Crippen LogP contribution in [0.3, 0.4) is 0 Å². The second-order valence-corrected chi connectivity index (χ2v) is 6.66. The molecule has 0 aliphatic carbocycles. The first-order valence-electron chi connectivity index (χ1n) is 7.41. The minimum atomic E-state index is -1.24. The van der Waals surface area contributed by atoms with Crippen LogP contribution in [0.2, 0.25) is 0 Å². The van der Waals surface area contributed by atoms with Gasteiger partial charge in [0.25, 0.3) is 0 Å². The zero-order chi connectivity index (χ0) is 17.3. The Morgan fingerprint density at radius 2 is 1.96 bits per heavy atom. The van der Waals surface area contributed by atoms with E-state index in [1.807, 2.05) is 12.1 Å². The van der Waals surface area contributed by atoms with Gasteiger partial charge >= 0.3 is 12.1 Å². The van der Waals surface area contributed by atoms with Crippen molar-refractivity contribution < 1.29 is 23.9 Å². The van der Waals surface area contributed by atoms with Crippen molar-refractivity contribution in [3.63, 3.8) is 0 Å². The molecule has 1 aromatic rings. The second kappa shape index (κ2) is 6.02. The molecule has 0 bridgehead atoms. The molecule has 1 amide bonds. The highest BCUT2D eigenvalue weighted by Gasteiger charge is 2.51. The standard InChI is InChI=1S/C17H21NO5/c1-16(2,3)23-15(21)18-13-8-6-5-7-12(13)11-17(18,4)14(20)22-10-9-19/h5-9H,10-11H2,1-4H3. The predicted octanol–water partition coefficient (Wildman–Crippen LogP) is 2.49. The minimum Gasteiger partial charge on any atom is -0.456 e. The lowest BCUT2D eigenvalue weighted by Gasteiger charge is -2.34. The summed E-state index contributed by atoms with van der Waals surface area (Å²) < 4.78 is 10.4. The van der Waals surface area contributed by atoms with Gasteiger partial charge in [0, 0.05) is 6.42 Å². The molecule has 0 aromatic heterocycles. The summed E-state index contributed by atoms with van der Waals surface area (Å²) in [4.78, 5) is 36.9. The maximum absolute atomic E-state index is 12.6. The third-order valence-electron chi connectivity index (χ3n) is 3.56. The lowest BCUT2D eigenvalue weighted by Crippen LogP contribution is -2.55. The fourth-order valence-electron chi connectivity index (χ4n) is 2.63. The largest absolute Gasteiger partial charge is 0.456 e. The van der Waals surface area contributed by atoms with Gasteiger partial charge in [-0.1, -0.05) is 18.2 Å². The van der Waals surface area contributed by atoms with Crippen molar-refractivity contribution in [3.05, 3.63) is 29.8 Å². The number of hydrogen-bond donors (Lipinski definition) is 0. The monoisotopic (exact) mass is 319 g/mol. The first kappa shape index (κ1) is 17.0. The zero-order valence-corrected chi connectivity index (χ0v) is 13.8. The lowest BCUT2D eigenvalue weighted by molar-refractivity contribution is -0.150. The van der Waals surface area contributed by atoms with E-state index < -0.39 is 23.2 Å². The Labute approximate surface area is 135 Å². The van der Waals surface area contributed by atoms with Crippen LogP contribution in [0.4, 0.5) is 10.5 Å². The van der Waals surface area contributed by atoms with Gasteiger partial charge in [-0.05, 0) is 39.3 Å². The maximum Gasteiger partial charge on any atom is 0.415 e. The molecular formula is C17H21NO5. The third-order valence-corrected chi connectivity index (χ3v) is 3.56. The van der Waals surface area contributed by atoms with Crippen LogP contribution < -0.4 is 4.90 Å². The van der Waals surface area contributed by atoms with Crippen molar-refractivity contribution in [2.45, 2.75) is 45.3 Å². The number of carbonyl (C=O) groups is 3. The fourth-order valence-corrected chi connectivity index (χ4v) is 2.63. The van der Waals surface area contributed by atoms with E-state index in [4.69, 9.17) is 9.47 Å². The van der Waals surface area contributed by atoms with E-state index >= 15 is 0 Å². The summed E-state index contributed by atoms with van der Waals surface area (Å²) in [7, 11) is 0. The molecular weight excluding hydrogens is 298 g/mol. The number of aldehydes is 1. The van der Waals surface area contributed by atoms with Gasteiger partial charge in [0.15, 0.2) is 6.29 Å². The number of hydrogen-bond acceptors (Lipinski definition) is 5. The molecule has 0 N–H and O–H groups in total. The van der Waals surface area contributed by atoms with Crippen molar-refractivity contribution >= 4 is 24.0 Å². The number of ether oxygens (including phenoxy) is 2. The molecule has 23 heavy (non-hydrogen) atoms. The number of carbonyl (C=O) groups excluding carboxylic acids is 3. The van der Waals surface area contributed by atoms with E-state index in [9.17, 15) is 14.4 Å². The van der Waals surface area contributed by atoms with Gasteiger partial charge < -0.3 is 9.47 Å². The number of para-hydroxylation sites is 1. The van der Waals surface area contributed by atoms with Crippen LogP contribution in [0.25, 0.3) is 0 Å². The van der Waals surface area contributed by atoms with Gasteiger partial charge in [0.05, 0.1) is 5.69 Å². The quantitative estimate of drug-likeness (QED) is 0.632. The number of benzene rings is 1. The summed E-state index contributed by atoms with van der Waals surface area (Å²) in [5.41, 5.74) is -0.465. The Morgan fingerprint density at radius 1 is 1.30 bits per heavy atom. The summed E-state index contributed by atoms with van der Waals surface area (Å²) in [6, 6.07) is 7.25. The van der Waals surface area contributed by atoms with Crippen molar-refractivity contribution in [3.8, 4) is 0 Å². The fraction of sp³-hybridized carbons (Fsp3) is 0.471. The van der Waals surface area contributed by atoms with Gasteiger partial charge in [0.1, 0.15) is 17.7 Å². The summed E-state index contributed by atoms with van der Waals surface area (Å²) in [5, 5.41) is 0. The average molecular weight is 319 g/mol. The van der Waals surface area contributed by atoms with Crippen LogP contribution in [-0.4, -0.2) is 36.1 Å². The van der Waals surface area contributed by atoms with E-state index in [1.165, 1.54) is 4.90 Å². The summed E-state index contributed by atoms with van der Waals surface area (Å²) in [5.74, 6) is -0.633. The van der Waals surface area contributed by atoms with Gasteiger partial charge in [-0.15, -0.1) is 0 Å². The molecule has 1 heterocycles. The van der Waals surface area contributed by atoms with Gasteiger partial charge in [-0.3, -0.25) is 9.69 Å². The van der Waals surface area contributed by atoms with E-state index in [1.54, 1.807) is 39.8 Å². The summed E-state index contributed by atoms with van der Waals surface area (Å²) in [6.07, 6.45) is 0.189. The van der Waals surface area contributed by atoms with E-state index in [0.717, 1.165) is 5.56 Å². The number of esters is 1. The van der Waals surface area contributed by atoms with Gasteiger partial charge in [0.2, 0.25) is 0 Å². The molecule has 0 saturated heterocycles. The van der Waals surface area contributed by atoms with Crippen LogP contribution in [0.1, 0.15) is 33.3 Å². The zero-order valence-electron chi connectivity index (χ0n) is 13.8. The third kappa shape index (κ3) is 3.36. The SMILES string of the molecule is CC(C)(C)OC(=O)N1c2ccccc2CC1(C)C(=O)OCC=O. The maximum atomic E-state index is 12.6. The number of amides is 1. The highest BCUT2D eigenvalue weighted by Crippen LogP contribution is 2.40. The normalized spacial score (nSPS) is 19.9. The molecule has 6 heteroatoms. The molecule has 1 unspecified atom stereocenters.